The fraction of sp³-hybridized carbons (Fsp3) is 0.182. The topological polar surface area (TPSA) is 9.86 Å². The molecule has 0 spiro atoms. The van der Waals surface area contributed by atoms with Gasteiger partial charge in [0.25, 0.3) is 0 Å². The Morgan fingerprint density at radius 1 is 0.426 bits per heavy atom. The normalized spacial score (nSPS) is 15.8. The second kappa shape index (κ2) is 9.36. The van der Waals surface area contributed by atoms with Crippen LogP contribution in [0.5, 0.6) is 0 Å². The van der Waals surface area contributed by atoms with E-state index in [0.29, 0.717) is 0 Å². The van der Waals surface area contributed by atoms with Crippen molar-refractivity contribution in [2.75, 3.05) is 0 Å². The number of hydrogen-bond donors (Lipinski definition) is 0. The molecule has 0 N–H and O–H groups in total. The molecule has 3 aromatic heterocycles. The van der Waals surface area contributed by atoms with Gasteiger partial charge in [0.15, 0.2) is 0 Å². The van der Waals surface area contributed by atoms with E-state index in [1.807, 2.05) is 11.3 Å². The zero-order valence-corrected chi connectivity index (χ0v) is 28.1. The number of nitrogens with zero attached hydrogens (tertiary/aromatic N) is 2. The van der Waals surface area contributed by atoms with Crippen LogP contribution in [0.1, 0.15) is 51.7 Å². The van der Waals surface area contributed by atoms with Crippen molar-refractivity contribution in [1.82, 2.24) is 9.13 Å². The lowest BCUT2D eigenvalue weighted by atomic mass is 9.63. The minimum Gasteiger partial charge on any atom is -0.309 e. The molecule has 228 valence electrons. The highest BCUT2D eigenvalue weighted by molar-refractivity contribution is 7.25. The van der Waals surface area contributed by atoms with Gasteiger partial charge in [-0.05, 0) is 95.5 Å². The van der Waals surface area contributed by atoms with Crippen LogP contribution < -0.4 is 0 Å². The molecule has 6 aromatic carbocycles. The maximum atomic E-state index is 2.56. The number of rotatable bonds is 2. The summed E-state index contributed by atoms with van der Waals surface area (Å²) in [6, 6.07) is 45.6. The minimum absolute atomic E-state index is 0.126. The largest absolute Gasteiger partial charge is 0.309 e. The van der Waals surface area contributed by atoms with Crippen molar-refractivity contribution in [3.63, 3.8) is 0 Å². The second-order valence-corrected chi connectivity index (χ2v) is 16.0. The number of thiophene rings is 1. The Morgan fingerprint density at radius 3 is 1.79 bits per heavy atom. The molecule has 0 radical (unpaired) electrons. The van der Waals surface area contributed by atoms with Crippen LogP contribution in [-0.2, 0) is 10.8 Å². The van der Waals surface area contributed by atoms with Gasteiger partial charge in [0.2, 0.25) is 0 Å². The van der Waals surface area contributed by atoms with Crippen LogP contribution in [0.3, 0.4) is 0 Å². The summed E-state index contributed by atoms with van der Waals surface area (Å²) in [5.41, 5.74) is 10.7. The molecule has 0 unspecified atom stereocenters. The fourth-order valence-corrected chi connectivity index (χ4v) is 9.66. The summed E-state index contributed by atoms with van der Waals surface area (Å²) in [5, 5.41) is 7.94. The van der Waals surface area contributed by atoms with Gasteiger partial charge in [-0.3, -0.25) is 0 Å². The van der Waals surface area contributed by atoms with E-state index in [2.05, 4.69) is 158 Å². The predicted molar refractivity (Wildman–Crippen MR) is 203 cm³/mol. The van der Waals surface area contributed by atoms with E-state index in [4.69, 9.17) is 0 Å². The predicted octanol–water partition coefficient (Wildman–Crippen LogP) is 12.6. The van der Waals surface area contributed by atoms with Crippen LogP contribution >= 0.6 is 11.3 Å². The van der Waals surface area contributed by atoms with Gasteiger partial charge in [0.1, 0.15) is 0 Å². The molecule has 3 heterocycles. The van der Waals surface area contributed by atoms with E-state index < -0.39 is 0 Å². The second-order valence-electron chi connectivity index (χ2n) is 14.9. The first-order chi connectivity index (χ1) is 22.8. The molecule has 1 aliphatic carbocycles. The first-order valence-electron chi connectivity index (χ1n) is 16.8. The molecule has 3 heteroatoms. The van der Waals surface area contributed by atoms with Crippen molar-refractivity contribution >= 4 is 75.1 Å². The smallest absolute Gasteiger partial charge is 0.0562 e. The molecular weight excluding hydrogens is 589 g/mol. The molecular formula is C44H36N2S. The summed E-state index contributed by atoms with van der Waals surface area (Å²) >= 11 is 1.89. The molecule has 0 saturated heterocycles. The summed E-state index contributed by atoms with van der Waals surface area (Å²) in [6.07, 6.45) is 2.40. The maximum Gasteiger partial charge on any atom is 0.0562 e. The van der Waals surface area contributed by atoms with Gasteiger partial charge in [-0.1, -0.05) is 88.4 Å². The van der Waals surface area contributed by atoms with Gasteiger partial charge in [0, 0.05) is 53.1 Å². The van der Waals surface area contributed by atoms with Gasteiger partial charge >= 0.3 is 0 Å². The van der Waals surface area contributed by atoms with Crippen molar-refractivity contribution in [3.8, 4) is 11.4 Å². The van der Waals surface area contributed by atoms with Crippen LogP contribution in [0.2, 0.25) is 0 Å². The summed E-state index contributed by atoms with van der Waals surface area (Å²) in [4.78, 5) is 0. The van der Waals surface area contributed by atoms with E-state index in [0.717, 1.165) is 0 Å². The van der Waals surface area contributed by atoms with Gasteiger partial charge < -0.3 is 9.13 Å². The quantitative estimate of drug-likeness (QED) is 0.181. The molecule has 1 aliphatic rings. The number of hydrogen-bond acceptors (Lipinski definition) is 1. The lowest BCUT2D eigenvalue weighted by Crippen LogP contribution is -2.33. The summed E-state index contributed by atoms with van der Waals surface area (Å²) in [5.74, 6) is 0. The SMILES string of the molecule is CC1(C)CCC(C)(C)c2cc3c(cc21)c1cc2c4ccccc4n(-c4ccccc4)c2cc1n3-c1ccc2c(c1)sc1ccccc12. The standard InChI is InChI=1S/C44H36N2S/c1-43(2)20-21-44(3,4)36-25-38-34(24-35(36)43)33-23-32-29-14-8-10-16-37(29)45(27-12-6-5-7-13-27)39(32)26-40(33)46(38)28-18-19-31-30-15-9-11-17-41(30)47-42(31)22-28/h5-19,22-26H,20-21H2,1-4H3. The molecule has 10 rings (SSSR count). The third-order valence-electron chi connectivity index (χ3n) is 11.2. The Bertz CT molecular complexity index is 2730. The van der Waals surface area contributed by atoms with Gasteiger partial charge in [-0.25, -0.2) is 0 Å². The number of benzene rings is 6. The van der Waals surface area contributed by atoms with Crippen LogP contribution in [0, 0.1) is 0 Å². The van der Waals surface area contributed by atoms with Crippen LogP contribution in [-0.4, -0.2) is 9.13 Å². The van der Waals surface area contributed by atoms with Crippen LogP contribution in [0.4, 0.5) is 0 Å². The van der Waals surface area contributed by atoms with E-state index >= 15 is 0 Å². The van der Waals surface area contributed by atoms with E-state index in [1.165, 1.54) is 99.1 Å². The average molecular weight is 625 g/mol. The third kappa shape index (κ3) is 3.78. The Balaban J connectivity index is 1.38. The zero-order chi connectivity index (χ0) is 31.7. The van der Waals surface area contributed by atoms with Gasteiger partial charge in [-0.15, -0.1) is 11.3 Å². The molecule has 47 heavy (non-hydrogen) atoms. The first-order valence-corrected chi connectivity index (χ1v) is 17.6. The number of para-hydroxylation sites is 2. The molecule has 0 aliphatic heterocycles. The van der Waals surface area contributed by atoms with Crippen molar-refractivity contribution < 1.29 is 0 Å². The molecule has 0 saturated carbocycles. The average Bonchev–Trinajstić information content (AvgIpc) is 3.72. The van der Waals surface area contributed by atoms with Crippen molar-refractivity contribution in [2.24, 2.45) is 0 Å². The first kappa shape index (κ1) is 27.3. The van der Waals surface area contributed by atoms with Crippen molar-refractivity contribution in [1.29, 1.82) is 0 Å². The van der Waals surface area contributed by atoms with Crippen molar-refractivity contribution in [2.45, 2.75) is 51.4 Å². The van der Waals surface area contributed by atoms with Gasteiger partial charge in [0.05, 0.1) is 22.1 Å². The Kier molecular flexibility index (Phi) is 5.43. The summed E-state index contributed by atoms with van der Waals surface area (Å²) in [6.45, 7) is 9.75. The fourth-order valence-electron chi connectivity index (χ4n) is 8.52. The lowest BCUT2D eigenvalue weighted by molar-refractivity contribution is 0.332. The monoisotopic (exact) mass is 624 g/mol. The number of aromatic nitrogens is 2. The highest BCUT2D eigenvalue weighted by Gasteiger charge is 2.38. The number of fused-ring (bicyclic) bond motifs is 10. The summed E-state index contributed by atoms with van der Waals surface area (Å²) in [7, 11) is 0. The van der Waals surface area contributed by atoms with Crippen LogP contribution in [0.25, 0.3) is 75.2 Å². The molecule has 0 atom stereocenters. The summed E-state index contributed by atoms with van der Waals surface area (Å²) < 4.78 is 7.67. The van der Waals surface area contributed by atoms with E-state index in [9.17, 15) is 0 Å². The van der Waals surface area contributed by atoms with E-state index in [-0.39, 0.29) is 10.8 Å². The zero-order valence-electron chi connectivity index (χ0n) is 27.3. The molecule has 0 amide bonds. The molecule has 0 fully saturated rings. The third-order valence-corrected chi connectivity index (χ3v) is 12.3. The highest BCUT2D eigenvalue weighted by atomic mass is 32.1. The Hall–Kier alpha value is -4.86. The van der Waals surface area contributed by atoms with E-state index in [1.54, 1.807) is 0 Å². The van der Waals surface area contributed by atoms with Crippen LogP contribution in [0.15, 0.2) is 121 Å². The Labute approximate surface area is 278 Å². The Morgan fingerprint density at radius 2 is 1.00 bits per heavy atom. The highest BCUT2D eigenvalue weighted by Crippen LogP contribution is 2.49. The maximum absolute atomic E-state index is 2.56. The molecule has 9 aromatic rings. The molecule has 2 nitrogen and oxygen atoms in total. The molecule has 0 bridgehead atoms. The van der Waals surface area contributed by atoms with Crippen molar-refractivity contribution in [3.05, 3.63) is 132 Å². The minimum atomic E-state index is 0.126. The lowest BCUT2D eigenvalue weighted by Gasteiger charge is -2.42. The van der Waals surface area contributed by atoms with Gasteiger partial charge in [-0.2, -0.15) is 0 Å².